The highest BCUT2D eigenvalue weighted by Gasteiger charge is 2.16. The van der Waals surface area contributed by atoms with Crippen molar-refractivity contribution in [3.05, 3.63) is 71.7 Å². The van der Waals surface area contributed by atoms with E-state index in [-0.39, 0.29) is 11.3 Å². The van der Waals surface area contributed by atoms with E-state index in [4.69, 9.17) is 14.6 Å². The summed E-state index contributed by atoms with van der Waals surface area (Å²) in [5.41, 5.74) is 3.94. The number of carboxylic acid groups (broad SMARTS) is 1. The minimum Gasteiger partial charge on any atom is -0.479 e. The van der Waals surface area contributed by atoms with E-state index in [2.05, 4.69) is 45.2 Å². The number of hydrogen-bond donors (Lipinski definition) is 1. The summed E-state index contributed by atoms with van der Waals surface area (Å²) in [4.78, 5) is 22.4. The smallest absolute Gasteiger partial charge is 0.344 e. The number of hydrogen-bond acceptors (Lipinski definition) is 7. The molecule has 4 rings (SSSR count). The molecule has 1 N–H and O–H groups in total. The van der Waals surface area contributed by atoms with Crippen molar-refractivity contribution in [2.75, 3.05) is 31.2 Å². The third-order valence-electron chi connectivity index (χ3n) is 5.43. The van der Waals surface area contributed by atoms with E-state index in [9.17, 15) is 10.1 Å². The van der Waals surface area contributed by atoms with Gasteiger partial charge in [-0.25, -0.2) is 14.8 Å². The second kappa shape index (κ2) is 10.1. The summed E-state index contributed by atoms with van der Waals surface area (Å²) in [5, 5.41) is 18.5. The largest absolute Gasteiger partial charge is 0.479 e. The van der Waals surface area contributed by atoms with Crippen LogP contribution in [0.25, 0.3) is 11.3 Å². The van der Waals surface area contributed by atoms with Crippen LogP contribution in [0.1, 0.15) is 23.9 Å². The average molecular weight is 444 g/mol. The molecular weight excluding hydrogens is 420 g/mol. The van der Waals surface area contributed by atoms with Gasteiger partial charge in [0.15, 0.2) is 6.10 Å². The number of anilines is 1. The molecule has 1 aliphatic rings. The SMILES string of the molecule is CC(Oc1ccc(-c2ccnc(Cc3ccc(N4CCOCC4)cc3)n2)cc1C#N)C(=O)O. The number of benzene rings is 2. The standard InChI is InChI=1S/C25H24N4O4/c1-17(25(30)31)33-23-7-4-19(15-20(23)16-26)22-8-9-27-24(28-22)14-18-2-5-21(6-3-18)29-10-12-32-13-11-29/h2-9,15,17H,10-14H2,1H3,(H,30,31). The number of aromatic nitrogens is 2. The maximum absolute atomic E-state index is 11.0. The van der Waals surface area contributed by atoms with E-state index in [1.807, 2.05) is 0 Å². The molecule has 1 aromatic heterocycles. The lowest BCUT2D eigenvalue weighted by Gasteiger charge is -2.28. The third-order valence-corrected chi connectivity index (χ3v) is 5.43. The zero-order valence-corrected chi connectivity index (χ0v) is 18.3. The van der Waals surface area contributed by atoms with E-state index in [1.54, 1.807) is 30.5 Å². The number of ether oxygens (including phenoxy) is 2. The van der Waals surface area contributed by atoms with E-state index in [1.165, 1.54) is 12.6 Å². The van der Waals surface area contributed by atoms with Crippen LogP contribution in [0.4, 0.5) is 5.69 Å². The van der Waals surface area contributed by atoms with Crippen LogP contribution in [0.2, 0.25) is 0 Å². The van der Waals surface area contributed by atoms with Crippen molar-refractivity contribution >= 4 is 11.7 Å². The summed E-state index contributed by atoms with van der Waals surface area (Å²) in [6.45, 7) is 4.72. The number of carbonyl (C=O) groups is 1. The molecule has 1 atom stereocenters. The van der Waals surface area contributed by atoms with Gasteiger partial charge in [0, 0.05) is 37.0 Å². The highest BCUT2D eigenvalue weighted by molar-refractivity contribution is 5.72. The lowest BCUT2D eigenvalue weighted by molar-refractivity contribution is -0.144. The van der Waals surface area contributed by atoms with E-state index in [0.29, 0.717) is 17.9 Å². The quantitative estimate of drug-likeness (QED) is 0.591. The maximum Gasteiger partial charge on any atom is 0.344 e. The lowest BCUT2D eigenvalue weighted by atomic mass is 10.1. The van der Waals surface area contributed by atoms with Crippen molar-refractivity contribution in [2.45, 2.75) is 19.4 Å². The van der Waals surface area contributed by atoms with Crippen LogP contribution in [0, 0.1) is 11.3 Å². The van der Waals surface area contributed by atoms with Gasteiger partial charge in [-0.15, -0.1) is 0 Å². The summed E-state index contributed by atoms with van der Waals surface area (Å²) in [6.07, 6.45) is 1.23. The Labute approximate surface area is 192 Å². The summed E-state index contributed by atoms with van der Waals surface area (Å²) in [6, 6.07) is 17.2. The Hall–Kier alpha value is -3.96. The zero-order chi connectivity index (χ0) is 23.2. The summed E-state index contributed by atoms with van der Waals surface area (Å²) < 4.78 is 10.8. The summed E-state index contributed by atoms with van der Waals surface area (Å²) in [7, 11) is 0. The van der Waals surface area contributed by atoms with Gasteiger partial charge in [0.1, 0.15) is 17.6 Å². The first-order valence-electron chi connectivity index (χ1n) is 10.7. The van der Waals surface area contributed by atoms with Crippen LogP contribution in [0.15, 0.2) is 54.7 Å². The van der Waals surface area contributed by atoms with Gasteiger partial charge < -0.3 is 19.5 Å². The van der Waals surface area contributed by atoms with E-state index < -0.39 is 12.1 Å². The first kappa shape index (κ1) is 22.2. The van der Waals surface area contributed by atoms with Crippen LogP contribution in [0.5, 0.6) is 5.75 Å². The fraction of sp³-hybridized carbons (Fsp3) is 0.280. The van der Waals surface area contributed by atoms with Gasteiger partial charge in [-0.3, -0.25) is 0 Å². The predicted molar refractivity (Wildman–Crippen MR) is 122 cm³/mol. The molecule has 0 amide bonds. The van der Waals surface area contributed by atoms with Crippen LogP contribution < -0.4 is 9.64 Å². The molecule has 1 fully saturated rings. The Morgan fingerprint density at radius 1 is 1.21 bits per heavy atom. The number of morpholine rings is 1. The molecule has 8 nitrogen and oxygen atoms in total. The Morgan fingerprint density at radius 3 is 2.67 bits per heavy atom. The minimum absolute atomic E-state index is 0.228. The van der Waals surface area contributed by atoms with Crippen molar-refractivity contribution in [3.63, 3.8) is 0 Å². The molecule has 168 valence electrons. The molecule has 0 saturated carbocycles. The predicted octanol–water partition coefficient (Wildman–Crippen LogP) is 3.29. The number of nitrogens with zero attached hydrogens (tertiary/aromatic N) is 4. The lowest BCUT2D eigenvalue weighted by Crippen LogP contribution is -2.36. The minimum atomic E-state index is -1.10. The van der Waals surface area contributed by atoms with E-state index in [0.717, 1.165) is 37.4 Å². The molecule has 1 unspecified atom stereocenters. The van der Waals surface area contributed by atoms with Crippen LogP contribution in [-0.2, 0) is 16.0 Å². The molecule has 1 saturated heterocycles. The zero-order valence-electron chi connectivity index (χ0n) is 18.3. The molecule has 0 radical (unpaired) electrons. The van der Waals surface area contributed by atoms with Gasteiger partial charge >= 0.3 is 5.97 Å². The first-order chi connectivity index (χ1) is 16.0. The molecule has 2 heterocycles. The second-order valence-corrected chi connectivity index (χ2v) is 7.72. The summed E-state index contributed by atoms with van der Waals surface area (Å²) in [5.74, 6) is -0.197. The number of carboxylic acids is 1. The Bertz CT molecular complexity index is 1170. The molecule has 3 aromatic rings. The van der Waals surface area contributed by atoms with Crippen molar-refractivity contribution < 1.29 is 19.4 Å². The maximum atomic E-state index is 11.0. The highest BCUT2D eigenvalue weighted by Crippen LogP contribution is 2.26. The molecule has 0 spiro atoms. The highest BCUT2D eigenvalue weighted by atomic mass is 16.5. The third kappa shape index (κ3) is 5.45. The van der Waals surface area contributed by atoms with Gasteiger partial charge in [-0.05, 0) is 48.9 Å². The number of rotatable bonds is 7. The molecule has 0 aliphatic carbocycles. The van der Waals surface area contributed by atoms with Gasteiger partial charge in [0.05, 0.1) is 24.5 Å². The van der Waals surface area contributed by atoms with Crippen molar-refractivity contribution in [3.8, 4) is 23.1 Å². The molecule has 2 aromatic carbocycles. The normalized spacial score (nSPS) is 14.4. The van der Waals surface area contributed by atoms with Crippen LogP contribution in [-0.4, -0.2) is 53.5 Å². The van der Waals surface area contributed by atoms with Crippen molar-refractivity contribution in [1.82, 2.24) is 9.97 Å². The van der Waals surface area contributed by atoms with Crippen LogP contribution >= 0.6 is 0 Å². The fourth-order valence-corrected chi connectivity index (χ4v) is 3.59. The molecular formula is C25H24N4O4. The topological polar surface area (TPSA) is 109 Å². The first-order valence-corrected chi connectivity index (χ1v) is 10.7. The Kier molecular flexibility index (Phi) is 6.81. The van der Waals surface area contributed by atoms with Crippen molar-refractivity contribution in [1.29, 1.82) is 5.26 Å². The molecule has 1 aliphatic heterocycles. The van der Waals surface area contributed by atoms with Gasteiger partial charge in [-0.2, -0.15) is 5.26 Å². The molecule has 8 heteroatoms. The average Bonchev–Trinajstić information content (AvgIpc) is 2.85. The van der Waals surface area contributed by atoms with Crippen molar-refractivity contribution in [2.24, 2.45) is 0 Å². The Balaban J connectivity index is 1.49. The molecule has 33 heavy (non-hydrogen) atoms. The van der Waals surface area contributed by atoms with Gasteiger partial charge in [0.2, 0.25) is 0 Å². The number of aliphatic carboxylic acids is 1. The molecule has 0 bridgehead atoms. The summed E-state index contributed by atoms with van der Waals surface area (Å²) >= 11 is 0. The Morgan fingerprint density at radius 2 is 1.97 bits per heavy atom. The van der Waals surface area contributed by atoms with Gasteiger partial charge in [0.25, 0.3) is 0 Å². The van der Waals surface area contributed by atoms with Crippen LogP contribution in [0.3, 0.4) is 0 Å². The van der Waals surface area contributed by atoms with E-state index >= 15 is 0 Å². The number of nitriles is 1. The second-order valence-electron chi connectivity index (χ2n) is 7.72. The fourth-order valence-electron chi connectivity index (χ4n) is 3.59. The monoisotopic (exact) mass is 444 g/mol. The van der Waals surface area contributed by atoms with Gasteiger partial charge in [-0.1, -0.05) is 12.1 Å².